The number of amidine groups is 1. The number of carbonyl (C=O) groups excluding carboxylic acids is 2. The molecule has 7 nitrogen and oxygen atoms in total. The van der Waals surface area contributed by atoms with Crippen LogP contribution in [0.2, 0.25) is 0 Å². The number of likely N-dealkylation sites (N-methyl/N-ethyl adjacent to an activating group) is 1. The molecule has 3 rings (SSSR count). The number of methoxy groups -OCH3 is 1. The minimum absolute atomic E-state index is 0.0937. The summed E-state index contributed by atoms with van der Waals surface area (Å²) in [5.74, 6) is 0.335. The minimum Gasteiger partial charge on any atom is -0.493 e. The first kappa shape index (κ1) is 22.4. The van der Waals surface area contributed by atoms with Crippen molar-refractivity contribution >= 4 is 40.6 Å². The number of rotatable bonds is 8. The van der Waals surface area contributed by atoms with Crippen LogP contribution in [0.25, 0.3) is 6.08 Å². The highest BCUT2D eigenvalue weighted by atomic mass is 32.2. The largest absolute Gasteiger partial charge is 0.493 e. The molecule has 0 bridgehead atoms. The van der Waals surface area contributed by atoms with Gasteiger partial charge in [-0.25, -0.2) is 9.79 Å². The Bertz CT molecular complexity index is 1000. The van der Waals surface area contributed by atoms with E-state index in [2.05, 4.69) is 4.99 Å². The molecule has 31 heavy (non-hydrogen) atoms. The first-order valence-electron chi connectivity index (χ1n) is 9.87. The van der Waals surface area contributed by atoms with Crippen molar-refractivity contribution in [1.29, 1.82) is 0 Å². The van der Waals surface area contributed by atoms with Crippen LogP contribution in [0.15, 0.2) is 58.4 Å². The maximum atomic E-state index is 12.9. The third kappa shape index (κ3) is 5.67. The molecule has 0 radical (unpaired) electrons. The van der Waals surface area contributed by atoms with Gasteiger partial charge in [0.15, 0.2) is 23.3 Å². The zero-order valence-corrected chi connectivity index (χ0v) is 18.5. The van der Waals surface area contributed by atoms with Gasteiger partial charge in [0, 0.05) is 6.54 Å². The van der Waals surface area contributed by atoms with E-state index in [0.29, 0.717) is 34.7 Å². The molecule has 0 N–H and O–H groups in total. The van der Waals surface area contributed by atoms with Gasteiger partial charge in [-0.1, -0.05) is 24.3 Å². The summed E-state index contributed by atoms with van der Waals surface area (Å²) < 4.78 is 15.7. The van der Waals surface area contributed by atoms with E-state index in [9.17, 15) is 9.59 Å². The maximum absolute atomic E-state index is 12.9. The number of hydrogen-bond donors (Lipinski definition) is 0. The third-order valence-corrected chi connectivity index (χ3v) is 5.33. The summed E-state index contributed by atoms with van der Waals surface area (Å²) >= 11 is 1.33. The molecule has 1 aliphatic rings. The molecule has 0 saturated carbocycles. The van der Waals surface area contributed by atoms with E-state index in [4.69, 9.17) is 14.2 Å². The Morgan fingerprint density at radius 1 is 1.13 bits per heavy atom. The van der Waals surface area contributed by atoms with Gasteiger partial charge in [-0.05, 0) is 61.5 Å². The minimum atomic E-state index is -0.450. The fourth-order valence-electron chi connectivity index (χ4n) is 2.87. The van der Waals surface area contributed by atoms with Gasteiger partial charge < -0.3 is 14.2 Å². The fourth-order valence-corrected chi connectivity index (χ4v) is 3.93. The van der Waals surface area contributed by atoms with Crippen LogP contribution in [0, 0.1) is 0 Å². The second-order valence-corrected chi connectivity index (χ2v) is 7.40. The number of ether oxygens (including phenoxy) is 3. The number of aliphatic imine (C=N–C) groups is 1. The van der Waals surface area contributed by atoms with Crippen molar-refractivity contribution in [2.24, 2.45) is 4.99 Å². The summed E-state index contributed by atoms with van der Waals surface area (Å²) in [5, 5.41) is 0.645. The summed E-state index contributed by atoms with van der Waals surface area (Å²) in [6, 6.07) is 14.8. The Balaban J connectivity index is 1.81. The van der Waals surface area contributed by atoms with Crippen molar-refractivity contribution in [2.75, 3.05) is 26.9 Å². The highest BCUT2D eigenvalue weighted by Gasteiger charge is 2.32. The quantitative estimate of drug-likeness (QED) is 0.451. The molecule has 2 aromatic rings. The van der Waals surface area contributed by atoms with Gasteiger partial charge in [0.2, 0.25) is 0 Å². The average molecular weight is 441 g/mol. The molecule has 0 aliphatic carbocycles. The molecule has 1 saturated heterocycles. The van der Waals surface area contributed by atoms with Crippen molar-refractivity contribution in [3.05, 3.63) is 59.0 Å². The second-order valence-electron chi connectivity index (χ2n) is 6.39. The molecule has 1 fully saturated rings. The van der Waals surface area contributed by atoms with Crippen LogP contribution in [-0.2, 0) is 14.3 Å². The van der Waals surface area contributed by atoms with E-state index in [1.807, 2.05) is 37.3 Å². The van der Waals surface area contributed by atoms with Crippen molar-refractivity contribution in [3.8, 4) is 11.5 Å². The van der Waals surface area contributed by atoms with E-state index < -0.39 is 5.97 Å². The standard InChI is InChI=1S/C23H24N2O5S/c1-4-25-22(27)20(31-23(25)24-17-9-7-6-8-10-17)14-16-11-12-18(19(13-16)28-3)30-15-21(26)29-5-2/h6-14H,4-5,15H2,1-3H3/b20-14+,24-23?. The van der Waals surface area contributed by atoms with Crippen LogP contribution in [0.4, 0.5) is 5.69 Å². The highest BCUT2D eigenvalue weighted by molar-refractivity contribution is 8.18. The number of hydrogen-bond acceptors (Lipinski definition) is 7. The molecule has 1 heterocycles. The van der Waals surface area contributed by atoms with Crippen molar-refractivity contribution in [2.45, 2.75) is 13.8 Å². The van der Waals surface area contributed by atoms with Gasteiger partial charge in [-0.15, -0.1) is 0 Å². The Morgan fingerprint density at radius 2 is 1.90 bits per heavy atom. The lowest BCUT2D eigenvalue weighted by molar-refractivity contribution is -0.145. The van der Waals surface area contributed by atoms with E-state index in [-0.39, 0.29) is 12.5 Å². The zero-order chi connectivity index (χ0) is 22.2. The molecule has 0 spiro atoms. The van der Waals surface area contributed by atoms with Gasteiger partial charge in [-0.3, -0.25) is 9.69 Å². The number of esters is 1. The Morgan fingerprint density at radius 3 is 2.58 bits per heavy atom. The van der Waals surface area contributed by atoms with Gasteiger partial charge >= 0.3 is 5.97 Å². The Kier molecular flexibility index (Phi) is 7.72. The molecular weight excluding hydrogens is 416 g/mol. The van der Waals surface area contributed by atoms with E-state index in [1.165, 1.54) is 18.9 Å². The lowest BCUT2D eigenvalue weighted by Gasteiger charge is -2.12. The van der Waals surface area contributed by atoms with Gasteiger partial charge in [0.25, 0.3) is 5.91 Å². The average Bonchev–Trinajstić information content (AvgIpc) is 3.07. The van der Waals surface area contributed by atoms with Crippen LogP contribution in [0.3, 0.4) is 0 Å². The van der Waals surface area contributed by atoms with Crippen LogP contribution in [0.1, 0.15) is 19.4 Å². The summed E-state index contributed by atoms with van der Waals surface area (Å²) in [6.45, 7) is 4.27. The van der Waals surface area contributed by atoms with Gasteiger partial charge in [0.1, 0.15) is 0 Å². The molecule has 1 aliphatic heterocycles. The molecule has 2 aromatic carbocycles. The van der Waals surface area contributed by atoms with Crippen molar-refractivity contribution < 1.29 is 23.8 Å². The Labute approximate surface area is 185 Å². The SMILES string of the molecule is CCOC(=O)COc1ccc(/C=C2/SC(=Nc3ccccc3)N(CC)C2=O)cc1OC. The predicted octanol–water partition coefficient (Wildman–Crippen LogP) is 4.26. The number of thioether (sulfide) groups is 1. The maximum Gasteiger partial charge on any atom is 0.344 e. The topological polar surface area (TPSA) is 77.4 Å². The van der Waals surface area contributed by atoms with Crippen molar-refractivity contribution in [1.82, 2.24) is 4.90 Å². The lowest BCUT2D eigenvalue weighted by atomic mass is 10.2. The van der Waals surface area contributed by atoms with Gasteiger partial charge in [0.05, 0.1) is 24.3 Å². The first-order chi connectivity index (χ1) is 15.0. The van der Waals surface area contributed by atoms with Crippen molar-refractivity contribution in [3.63, 3.8) is 0 Å². The van der Waals surface area contributed by atoms with Crippen LogP contribution >= 0.6 is 11.8 Å². The molecule has 8 heteroatoms. The Hall–Kier alpha value is -3.26. The van der Waals surface area contributed by atoms with Gasteiger partial charge in [-0.2, -0.15) is 0 Å². The van der Waals surface area contributed by atoms with E-state index in [1.54, 1.807) is 36.1 Å². The van der Waals surface area contributed by atoms with Crippen LogP contribution in [0.5, 0.6) is 11.5 Å². The summed E-state index contributed by atoms with van der Waals surface area (Å²) in [7, 11) is 1.52. The third-order valence-electron chi connectivity index (χ3n) is 4.32. The second kappa shape index (κ2) is 10.7. The molecular formula is C23H24N2O5S. The molecule has 162 valence electrons. The molecule has 0 unspecified atom stereocenters. The summed E-state index contributed by atoms with van der Waals surface area (Å²) in [6.07, 6.45) is 1.79. The number of benzene rings is 2. The smallest absolute Gasteiger partial charge is 0.344 e. The first-order valence-corrected chi connectivity index (χ1v) is 10.7. The number of amides is 1. The molecule has 0 aromatic heterocycles. The molecule has 1 amide bonds. The van der Waals surface area contributed by atoms with Crippen LogP contribution < -0.4 is 9.47 Å². The fraction of sp³-hybridized carbons (Fsp3) is 0.261. The number of para-hydroxylation sites is 1. The molecule has 0 atom stereocenters. The van der Waals surface area contributed by atoms with E-state index >= 15 is 0 Å². The predicted molar refractivity (Wildman–Crippen MR) is 122 cm³/mol. The normalized spacial score (nSPS) is 16.1. The lowest BCUT2D eigenvalue weighted by Crippen LogP contribution is -2.28. The zero-order valence-electron chi connectivity index (χ0n) is 17.7. The highest BCUT2D eigenvalue weighted by Crippen LogP contribution is 2.35. The monoisotopic (exact) mass is 440 g/mol. The number of nitrogens with zero attached hydrogens (tertiary/aromatic N) is 2. The van der Waals surface area contributed by atoms with Crippen LogP contribution in [-0.4, -0.2) is 48.8 Å². The number of carbonyl (C=O) groups is 2. The van der Waals surface area contributed by atoms with E-state index in [0.717, 1.165) is 11.3 Å². The summed E-state index contributed by atoms with van der Waals surface area (Å²) in [5.41, 5.74) is 1.57. The summed E-state index contributed by atoms with van der Waals surface area (Å²) in [4.78, 5) is 31.2.